The molecule has 0 fully saturated rings. The van der Waals surface area contributed by atoms with Crippen molar-refractivity contribution in [3.05, 3.63) is 0 Å². The minimum Gasteiger partial charge on any atom is -0.462 e. The molecule has 0 aromatic rings. The third-order valence-corrected chi connectivity index (χ3v) is 1.05. The molecule has 0 aromatic carbocycles. The highest BCUT2D eigenvalue weighted by Gasteiger charge is 2.18. The molecule has 0 saturated heterocycles. The number of aliphatic hydroxyl groups excluding tert-OH is 2. The highest BCUT2D eigenvalue weighted by molar-refractivity contribution is 5.70. The normalized spacial score (nSPS) is 15.6. The van der Waals surface area contributed by atoms with E-state index in [1.54, 1.807) is 0 Å². The van der Waals surface area contributed by atoms with Gasteiger partial charge in [0.15, 0.2) is 0 Å². The van der Waals surface area contributed by atoms with Crippen LogP contribution in [0.5, 0.6) is 0 Å². The smallest absolute Gasteiger partial charge is 0.331 e. The van der Waals surface area contributed by atoms with E-state index in [0.29, 0.717) is 0 Å². The molecule has 0 rings (SSSR count). The van der Waals surface area contributed by atoms with Crippen LogP contribution in [0, 0.1) is 0 Å². The van der Waals surface area contributed by atoms with E-state index in [1.807, 2.05) is 0 Å². The Morgan fingerprint density at radius 2 is 2.18 bits per heavy atom. The average molecular weight is 163 g/mol. The molecule has 0 aliphatic heterocycles. The van der Waals surface area contributed by atoms with E-state index in [9.17, 15) is 4.79 Å². The number of carbonyl (C=O) groups excluding carboxylic acids is 1. The Bertz CT molecular complexity index is 135. The minimum absolute atomic E-state index is 0.0944. The van der Waals surface area contributed by atoms with E-state index >= 15 is 0 Å². The number of nitrogens with two attached hydrogens (primary N) is 1. The third-order valence-electron chi connectivity index (χ3n) is 1.05. The molecule has 1 unspecified atom stereocenters. The standard InChI is InChI=1S/C6H13NO4/c1-6(7,3-9)4-11-5(10)2-8/h8-9H,2-4,7H2,1H3. The zero-order chi connectivity index (χ0) is 8.91. The first-order chi connectivity index (χ1) is 5.02. The molecule has 5 heteroatoms. The Morgan fingerprint density at radius 1 is 1.64 bits per heavy atom. The van der Waals surface area contributed by atoms with Gasteiger partial charge in [0.05, 0.1) is 12.1 Å². The lowest BCUT2D eigenvalue weighted by molar-refractivity contribution is -0.149. The predicted molar refractivity (Wildman–Crippen MR) is 37.7 cm³/mol. The fourth-order valence-electron chi connectivity index (χ4n) is 0.337. The van der Waals surface area contributed by atoms with Crippen molar-refractivity contribution in [1.29, 1.82) is 0 Å². The Balaban J connectivity index is 3.61. The molecule has 0 radical (unpaired) electrons. The van der Waals surface area contributed by atoms with E-state index in [4.69, 9.17) is 15.9 Å². The summed E-state index contributed by atoms with van der Waals surface area (Å²) in [7, 11) is 0. The fraction of sp³-hybridized carbons (Fsp3) is 0.833. The second-order valence-corrected chi connectivity index (χ2v) is 2.63. The van der Waals surface area contributed by atoms with Crippen molar-refractivity contribution in [3.8, 4) is 0 Å². The maximum atomic E-state index is 10.4. The number of aliphatic hydroxyl groups is 2. The highest BCUT2D eigenvalue weighted by atomic mass is 16.5. The Hall–Kier alpha value is -0.650. The molecule has 4 N–H and O–H groups in total. The monoisotopic (exact) mass is 163 g/mol. The van der Waals surface area contributed by atoms with Gasteiger partial charge in [0.2, 0.25) is 0 Å². The van der Waals surface area contributed by atoms with Gasteiger partial charge >= 0.3 is 5.97 Å². The van der Waals surface area contributed by atoms with Crippen molar-refractivity contribution in [3.63, 3.8) is 0 Å². The quantitative estimate of drug-likeness (QED) is 0.426. The van der Waals surface area contributed by atoms with Crippen molar-refractivity contribution in [1.82, 2.24) is 0 Å². The zero-order valence-corrected chi connectivity index (χ0v) is 6.41. The summed E-state index contributed by atoms with van der Waals surface area (Å²) < 4.78 is 4.47. The van der Waals surface area contributed by atoms with Crippen molar-refractivity contribution < 1.29 is 19.7 Å². The van der Waals surface area contributed by atoms with Gasteiger partial charge in [0, 0.05) is 0 Å². The molecule has 11 heavy (non-hydrogen) atoms. The van der Waals surface area contributed by atoms with E-state index in [0.717, 1.165) is 0 Å². The maximum Gasteiger partial charge on any atom is 0.331 e. The molecule has 0 spiro atoms. The Labute approximate surface area is 64.8 Å². The molecule has 0 saturated carbocycles. The average Bonchev–Trinajstić information content (AvgIpc) is 2.00. The summed E-state index contributed by atoms with van der Waals surface area (Å²) in [5.74, 6) is -0.741. The van der Waals surface area contributed by atoms with Gasteiger partial charge in [0.1, 0.15) is 13.2 Å². The second kappa shape index (κ2) is 4.27. The molecular weight excluding hydrogens is 150 g/mol. The van der Waals surface area contributed by atoms with Crippen LogP contribution < -0.4 is 5.73 Å². The van der Waals surface area contributed by atoms with E-state index in [1.165, 1.54) is 6.92 Å². The summed E-state index contributed by atoms with van der Waals surface area (Å²) in [5, 5.41) is 16.8. The number of hydrogen-bond acceptors (Lipinski definition) is 5. The van der Waals surface area contributed by atoms with E-state index in [2.05, 4.69) is 4.74 Å². The number of ether oxygens (including phenoxy) is 1. The minimum atomic E-state index is -0.926. The topological polar surface area (TPSA) is 92.8 Å². The molecule has 0 aliphatic rings. The van der Waals surface area contributed by atoms with Crippen LogP contribution in [0.2, 0.25) is 0 Å². The van der Waals surface area contributed by atoms with Crippen LogP contribution in [0.15, 0.2) is 0 Å². The Kier molecular flexibility index (Phi) is 4.02. The zero-order valence-electron chi connectivity index (χ0n) is 6.41. The molecule has 5 nitrogen and oxygen atoms in total. The number of esters is 1. The molecule has 0 aromatic heterocycles. The Morgan fingerprint density at radius 3 is 2.55 bits per heavy atom. The number of hydrogen-bond donors (Lipinski definition) is 3. The van der Waals surface area contributed by atoms with Crippen molar-refractivity contribution >= 4 is 5.97 Å². The third kappa shape index (κ3) is 4.72. The van der Waals surface area contributed by atoms with E-state index in [-0.39, 0.29) is 13.2 Å². The lowest BCUT2D eigenvalue weighted by Gasteiger charge is -2.20. The predicted octanol–water partition coefficient (Wildman–Crippen LogP) is -1.77. The molecule has 66 valence electrons. The van der Waals surface area contributed by atoms with Crippen LogP contribution in [0.1, 0.15) is 6.92 Å². The van der Waals surface area contributed by atoms with Gasteiger partial charge < -0.3 is 20.7 Å². The van der Waals surface area contributed by atoms with Gasteiger partial charge in [-0.1, -0.05) is 0 Å². The van der Waals surface area contributed by atoms with Crippen LogP contribution >= 0.6 is 0 Å². The molecular formula is C6H13NO4. The summed E-state index contributed by atoms with van der Waals surface area (Å²) in [6.07, 6.45) is 0. The first-order valence-electron chi connectivity index (χ1n) is 3.18. The van der Waals surface area contributed by atoms with Crippen LogP contribution in [-0.4, -0.2) is 41.5 Å². The molecule has 0 aliphatic carbocycles. The van der Waals surface area contributed by atoms with Gasteiger partial charge in [-0.15, -0.1) is 0 Å². The van der Waals surface area contributed by atoms with Crippen molar-refractivity contribution in [2.24, 2.45) is 5.73 Å². The summed E-state index contributed by atoms with van der Waals surface area (Å²) in [6.45, 7) is 0.508. The molecule has 1 atom stereocenters. The summed E-state index contributed by atoms with van der Waals surface area (Å²) >= 11 is 0. The largest absolute Gasteiger partial charge is 0.462 e. The maximum absolute atomic E-state index is 10.4. The van der Waals surface area contributed by atoms with Crippen LogP contribution in [0.3, 0.4) is 0 Å². The molecule has 0 bridgehead atoms. The second-order valence-electron chi connectivity index (χ2n) is 2.63. The lowest BCUT2D eigenvalue weighted by Crippen LogP contribution is -2.45. The van der Waals surface area contributed by atoms with Gasteiger partial charge in [-0.05, 0) is 6.92 Å². The number of carbonyl (C=O) groups is 1. The van der Waals surface area contributed by atoms with Crippen molar-refractivity contribution in [2.45, 2.75) is 12.5 Å². The first-order valence-corrected chi connectivity index (χ1v) is 3.18. The summed E-state index contributed by atoms with van der Waals surface area (Å²) in [6, 6.07) is 0. The number of rotatable bonds is 4. The van der Waals surface area contributed by atoms with Gasteiger partial charge in [0.25, 0.3) is 0 Å². The van der Waals surface area contributed by atoms with Crippen LogP contribution in [0.25, 0.3) is 0 Å². The van der Waals surface area contributed by atoms with Gasteiger partial charge in [-0.25, -0.2) is 4.79 Å². The van der Waals surface area contributed by atoms with Gasteiger partial charge in [-0.3, -0.25) is 0 Å². The van der Waals surface area contributed by atoms with E-state index < -0.39 is 18.1 Å². The van der Waals surface area contributed by atoms with Crippen molar-refractivity contribution in [2.75, 3.05) is 19.8 Å². The first kappa shape index (κ1) is 10.3. The highest BCUT2D eigenvalue weighted by Crippen LogP contribution is 1.97. The fourth-order valence-corrected chi connectivity index (χ4v) is 0.337. The van der Waals surface area contributed by atoms with Gasteiger partial charge in [-0.2, -0.15) is 0 Å². The van der Waals surface area contributed by atoms with Crippen LogP contribution in [-0.2, 0) is 9.53 Å². The van der Waals surface area contributed by atoms with Crippen LogP contribution in [0.4, 0.5) is 0 Å². The molecule has 0 heterocycles. The SMILES string of the molecule is CC(N)(CO)COC(=O)CO. The lowest BCUT2D eigenvalue weighted by atomic mass is 10.1. The summed E-state index contributed by atoms with van der Waals surface area (Å²) in [5.41, 5.74) is 4.48. The molecule has 0 amide bonds. The summed E-state index contributed by atoms with van der Waals surface area (Å²) in [4.78, 5) is 10.4.